The highest BCUT2D eigenvalue weighted by atomic mass is 19.1. The molecular weight excluding hydrogens is 371 g/mol. The van der Waals surface area contributed by atoms with Crippen LogP contribution in [0.15, 0.2) is 48.8 Å². The molecule has 1 saturated heterocycles. The van der Waals surface area contributed by atoms with Gasteiger partial charge in [-0.1, -0.05) is 11.3 Å². The number of rotatable bonds is 4. The maximum Gasteiger partial charge on any atom is 0.276 e. The highest BCUT2D eigenvalue weighted by Crippen LogP contribution is 2.20. The van der Waals surface area contributed by atoms with Crippen molar-refractivity contribution in [2.75, 3.05) is 26.2 Å². The predicted octanol–water partition coefficient (Wildman–Crippen LogP) is 2.63. The van der Waals surface area contributed by atoms with Crippen LogP contribution in [0.25, 0.3) is 5.69 Å². The molecule has 1 unspecified atom stereocenters. The van der Waals surface area contributed by atoms with Gasteiger partial charge in [-0.25, -0.2) is 9.07 Å². The molecule has 1 amide bonds. The Bertz CT molecular complexity index is 997. The van der Waals surface area contributed by atoms with Gasteiger partial charge in [0.05, 0.1) is 17.6 Å². The summed E-state index contributed by atoms with van der Waals surface area (Å²) in [5.41, 5.74) is 2.75. The first-order chi connectivity index (χ1) is 14.0. The van der Waals surface area contributed by atoms with Crippen LogP contribution in [0.3, 0.4) is 0 Å². The fourth-order valence-electron chi connectivity index (χ4n) is 3.64. The number of pyridine rings is 1. The normalized spacial score (nSPS) is 16.0. The lowest BCUT2D eigenvalue weighted by molar-refractivity contribution is 0.0573. The largest absolute Gasteiger partial charge is 0.335 e. The summed E-state index contributed by atoms with van der Waals surface area (Å²) in [6.45, 7) is 6.72. The van der Waals surface area contributed by atoms with E-state index in [4.69, 9.17) is 0 Å². The molecule has 0 N–H and O–H groups in total. The molecule has 0 radical (unpaired) electrons. The highest BCUT2D eigenvalue weighted by molar-refractivity contribution is 5.92. The summed E-state index contributed by atoms with van der Waals surface area (Å²) in [7, 11) is 0. The summed E-state index contributed by atoms with van der Waals surface area (Å²) >= 11 is 0. The number of hydrogen-bond donors (Lipinski definition) is 0. The standard InChI is InChI=1S/C21H23FN6O/c1-15-13-17(22)6-7-20(15)28-14-19(24-25-28)21(29)27-11-9-26(10-12-27)16(2)18-5-3-4-8-23-18/h3-8,13-14,16H,9-12H2,1-2H3. The molecule has 2 aromatic heterocycles. The number of hydrogen-bond acceptors (Lipinski definition) is 5. The molecular formula is C21H23FN6O. The van der Waals surface area contributed by atoms with Gasteiger partial charge >= 0.3 is 0 Å². The van der Waals surface area contributed by atoms with Gasteiger partial charge in [0.1, 0.15) is 5.82 Å². The van der Waals surface area contributed by atoms with Crippen molar-refractivity contribution in [3.8, 4) is 5.69 Å². The van der Waals surface area contributed by atoms with Crippen molar-refractivity contribution >= 4 is 5.91 Å². The number of carbonyl (C=O) groups excluding carboxylic acids is 1. The molecule has 3 aromatic rings. The van der Waals surface area contributed by atoms with E-state index in [1.54, 1.807) is 30.3 Å². The van der Waals surface area contributed by atoms with E-state index in [2.05, 4.69) is 27.1 Å². The zero-order valence-electron chi connectivity index (χ0n) is 16.5. The number of aromatic nitrogens is 4. The number of aryl methyl sites for hydroxylation is 1. The van der Waals surface area contributed by atoms with Crippen LogP contribution in [0, 0.1) is 12.7 Å². The summed E-state index contributed by atoms with van der Waals surface area (Å²) in [5.74, 6) is -0.443. The first kappa shape index (κ1) is 19.2. The van der Waals surface area contributed by atoms with E-state index in [-0.39, 0.29) is 17.8 Å². The lowest BCUT2D eigenvalue weighted by Gasteiger charge is -2.37. The average Bonchev–Trinajstić information content (AvgIpc) is 3.23. The van der Waals surface area contributed by atoms with E-state index in [1.807, 2.05) is 18.2 Å². The summed E-state index contributed by atoms with van der Waals surface area (Å²) < 4.78 is 14.8. The van der Waals surface area contributed by atoms with Gasteiger partial charge in [-0.05, 0) is 49.7 Å². The van der Waals surface area contributed by atoms with Crippen molar-refractivity contribution in [3.63, 3.8) is 0 Å². The Morgan fingerprint density at radius 1 is 1.14 bits per heavy atom. The smallest absolute Gasteiger partial charge is 0.276 e. The van der Waals surface area contributed by atoms with Crippen molar-refractivity contribution in [3.05, 3.63) is 71.6 Å². The van der Waals surface area contributed by atoms with E-state index in [0.717, 1.165) is 24.3 Å². The SMILES string of the molecule is Cc1cc(F)ccc1-n1cc(C(=O)N2CCN(C(C)c3ccccn3)CC2)nn1. The van der Waals surface area contributed by atoms with Crippen LogP contribution in [0.5, 0.6) is 0 Å². The summed E-state index contributed by atoms with van der Waals surface area (Å²) in [6.07, 6.45) is 3.41. The van der Waals surface area contributed by atoms with E-state index in [1.165, 1.54) is 16.8 Å². The van der Waals surface area contributed by atoms with Crippen LogP contribution in [0.4, 0.5) is 4.39 Å². The average molecular weight is 394 g/mol. The molecule has 8 heteroatoms. The molecule has 1 aromatic carbocycles. The maximum atomic E-state index is 13.3. The van der Waals surface area contributed by atoms with Gasteiger partial charge in [0.15, 0.2) is 5.69 Å². The second kappa shape index (κ2) is 8.08. The summed E-state index contributed by atoms with van der Waals surface area (Å²) in [4.78, 5) is 21.4. The number of carbonyl (C=O) groups is 1. The Balaban J connectivity index is 1.41. The third-order valence-corrected chi connectivity index (χ3v) is 5.38. The number of halogens is 1. The van der Waals surface area contributed by atoms with Crippen molar-refractivity contribution < 1.29 is 9.18 Å². The van der Waals surface area contributed by atoms with Crippen LogP contribution >= 0.6 is 0 Å². The van der Waals surface area contributed by atoms with Crippen LogP contribution in [-0.2, 0) is 0 Å². The molecule has 1 fully saturated rings. The van der Waals surface area contributed by atoms with Crippen molar-refractivity contribution in [1.29, 1.82) is 0 Å². The quantitative estimate of drug-likeness (QED) is 0.681. The molecule has 1 aliphatic rings. The number of nitrogens with zero attached hydrogens (tertiary/aromatic N) is 6. The maximum absolute atomic E-state index is 13.3. The minimum Gasteiger partial charge on any atom is -0.335 e. The van der Waals surface area contributed by atoms with E-state index in [0.29, 0.717) is 24.5 Å². The van der Waals surface area contributed by atoms with Gasteiger partial charge in [0, 0.05) is 38.4 Å². The van der Waals surface area contributed by atoms with E-state index < -0.39 is 0 Å². The van der Waals surface area contributed by atoms with Gasteiger partial charge < -0.3 is 4.90 Å². The molecule has 0 saturated carbocycles. The van der Waals surface area contributed by atoms with Crippen molar-refractivity contribution in [2.24, 2.45) is 0 Å². The first-order valence-electron chi connectivity index (χ1n) is 9.66. The molecule has 1 atom stereocenters. The third-order valence-electron chi connectivity index (χ3n) is 5.38. The monoisotopic (exact) mass is 394 g/mol. The van der Waals surface area contributed by atoms with E-state index >= 15 is 0 Å². The summed E-state index contributed by atoms with van der Waals surface area (Å²) in [5, 5.41) is 8.09. The molecule has 3 heterocycles. The van der Waals surface area contributed by atoms with Crippen LogP contribution in [0.1, 0.15) is 34.7 Å². The highest BCUT2D eigenvalue weighted by Gasteiger charge is 2.27. The lowest BCUT2D eigenvalue weighted by atomic mass is 10.1. The Morgan fingerprint density at radius 2 is 1.93 bits per heavy atom. The molecule has 0 bridgehead atoms. The Labute approximate surface area is 168 Å². The second-order valence-electron chi connectivity index (χ2n) is 7.24. The van der Waals surface area contributed by atoms with E-state index in [9.17, 15) is 9.18 Å². The van der Waals surface area contributed by atoms with Gasteiger partial charge in [0.25, 0.3) is 5.91 Å². The molecule has 1 aliphatic heterocycles. The fraction of sp³-hybridized carbons (Fsp3) is 0.333. The molecule has 7 nitrogen and oxygen atoms in total. The molecule has 0 aliphatic carbocycles. The second-order valence-corrected chi connectivity index (χ2v) is 7.24. The Kier molecular flexibility index (Phi) is 5.35. The number of amides is 1. The number of benzene rings is 1. The van der Waals surface area contributed by atoms with Crippen LogP contribution < -0.4 is 0 Å². The minimum absolute atomic E-state index is 0.138. The van der Waals surface area contributed by atoms with Gasteiger partial charge in [0.2, 0.25) is 0 Å². The van der Waals surface area contributed by atoms with Gasteiger partial charge in [-0.3, -0.25) is 14.7 Å². The number of piperazine rings is 1. The predicted molar refractivity (Wildman–Crippen MR) is 106 cm³/mol. The molecule has 29 heavy (non-hydrogen) atoms. The van der Waals surface area contributed by atoms with Crippen LogP contribution in [-0.4, -0.2) is 61.9 Å². The Hall–Kier alpha value is -3.13. The summed E-state index contributed by atoms with van der Waals surface area (Å²) in [6, 6.07) is 10.6. The first-order valence-corrected chi connectivity index (χ1v) is 9.66. The molecule has 4 rings (SSSR count). The zero-order chi connectivity index (χ0) is 20.4. The molecule has 0 spiro atoms. The lowest BCUT2D eigenvalue weighted by Crippen LogP contribution is -2.49. The zero-order valence-corrected chi connectivity index (χ0v) is 16.5. The Morgan fingerprint density at radius 3 is 2.62 bits per heavy atom. The third kappa shape index (κ3) is 4.02. The van der Waals surface area contributed by atoms with Gasteiger partial charge in [-0.15, -0.1) is 5.10 Å². The van der Waals surface area contributed by atoms with Crippen LogP contribution in [0.2, 0.25) is 0 Å². The van der Waals surface area contributed by atoms with Crippen molar-refractivity contribution in [2.45, 2.75) is 19.9 Å². The minimum atomic E-state index is -0.305. The molecule has 150 valence electrons. The van der Waals surface area contributed by atoms with Gasteiger partial charge in [-0.2, -0.15) is 0 Å². The topological polar surface area (TPSA) is 67.2 Å². The van der Waals surface area contributed by atoms with Crippen molar-refractivity contribution in [1.82, 2.24) is 29.8 Å². The fourth-order valence-corrected chi connectivity index (χ4v) is 3.64.